The highest BCUT2D eigenvalue weighted by atomic mass is 32.2. The number of aromatic nitrogens is 3. The highest BCUT2D eigenvalue weighted by molar-refractivity contribution is 7.91. The summed E-state index contributed by atoms with van der Waals surface area (Å²) in [6.45, 7) is 0.718. The third kappa shape index (κ3) is 7.78. The van der Waals surface area contributed by atoms with Crippen LogP contribution in [0, 0.1) is 17.5 Å². The zero-order chi connectivity index (χ0) is 32.4. The highest BCUT2D eigenvalue weighted by Gasteiger charge is 2.30. The molecule has 0 radical (unpaired) electrons. The minimum Gasteiger partial charge on any atom is -0.435 e. The van der Waals surface area contributed by atoms with E-state index in [9.17, 15) is 34.8 Å². The summed E-state index contributed by atoms with van der Waals surface area (Å²) in [5.74, 6) is -7.31. The summed E-state index contributed by atoms with van der Waals surface area (Å²) < 4.78 is 129. The van der Waals surface area contributed by atoms with Crippen LogP contribution >= 0.6 is 0 Å². The largest absolute Gasteiger partial charge is 0.435 e. The van der Waals surface area contributed by atoms with E-state index in [1.54, 1.807) is 4.72 Å². The van der Waals surface area contributed by atoms with E-state index in [1.165, 1.54) is 30.6 Å². The Morgan fingerprint density at radius 3 is 2.44 bits per heavy atom. The van der Waals surface area contributed by atoms with Gasteiger partial charge in [0.05, 0.1) is 22.6 Å². The lowest BCUT2D eigenvalue weighted by Gasteiger charge is -2.26. The summed E-state index contributed by atoms with van der Waals surface area (Å²) in [6, 6.07) is 7.65. The van der Waals surface area contributed by atoms with Crippen LogP contribution in [-0.2, 0) is 22.0 Å². The van der Waals surface area contributed by atoms with E-state index in [4.69, 9.17) is 4.74 Å². The lowest BCUT2D eigenvalue weighted by atomic mass is 10.1. The fourth-order valence-corrected chi connectivity index (χ4v) is 5.68. The summed E-state index contributed by atoms with van der Waals surface area (Å²) in [6.07, 6.45) is -2.80. The van der Waals surface area contributed by atoms with Crippen molar-refractivity contribution >= 4 is 21.7 Å². The maximum atomic E-state index is 15.1. The van der Waals surface area contributed by atoms with Crippen molar-refractivity contribution in [3.05, 3.63) is 89.5 Å². The molecule has 2 aromatic heterocycles. The molecule has 17 heteroatoms. The van der Waals surface area contributed by atoms with Gasteiger partial charge in [-0.05, 0) is 35.9 Å². The monoisotopic (exact) mass is 656 g/mol. The maximum Gasteiger partial charge on any atom is 0.416 e. The summed E-state index contributed by atoms with van der Waals surface area (Å²) in [4.78, 5) is 12.5. The molecule has 1 saturated heterocycles. The molecule has 45 heavy (non-hydrogen) atoms. The number of benzene rings is 2. The third-order valence-corrected chi connectivity index (χ3v) is 7.79. The Morgan fingerprint density at radius 1 is 0.978 bits per heavy atom. The molecule has 3 heterocycles. The molecule has 3 N–H and O–H groups in total. The van der Waals surface area contributed by atoms with Crippen molar-refractivity contribution in [1.29, 1.82) is 0 Å². The zero-order valence-electron chi connectivity index (χ0n) is 22.9. The van der Waals surface area contributed by atoms with Crippen LogP contribution in [0.3, 0.4) is 0 Å². The molecule has 0 saturated carbocycles. The Kier molecular flexibility index (Phi) is 9.11. The quantitative estimate of drug-likeness (QED) is 0.152. The van der Waals surface area contributed by atoms with Crippen molar-refractivity contribution in [2.45, 2.75) is 30.6 Å². The minimum atomic E-state index is -4.65. The smallest absolute Gasteiger partial charge is 0.416 e. The van der Waals surface area contributed by atoms with Crippen molar-refractivity contribution in [2.75, 3.05) is 23.1 Å². The van der Waals surface area contributed by atoms with Gasteiger partial charge in [-0.25, -0.2) is 36.5 Å². The van der Waals surface area contributed by atoms with Crippen molar-refractivity contribution in [3.63, 3.8) is 0 Å². The number of nitrogens with zero attached hydrogens (tertiary/aromatic N) is 3. The van der Waals surface area contributed by atoms with Gasteiger partial charge in [-0.2, -0.15) is 17.6 Å². The van der Waals surface area contributed by atoms with Crippen LogP contribution in [-0.4, -0.2) is 48.7 Å². The van der Waals surface area contributed by atoms with Gasteiger partial charge < -0.3 is 15.4 Å². The second-order valence-corrected chi connectivity index (χ2v) is 11.7. The fraction of sp³-hybridized carbons (Fsp3) is 0.250. The Hall–Kier alpha value is -4.51. The van der Waals surface area contributed by atoms with Crippen LogP contribution in [0.5, 0.6) is 11.6 Å². The Balaban J connectivity index is 1.35. The number of piperidine rings is 1. The molecule has 0 aliphatic carbocycles. The molecule has 4 aromatic rings. The Morgan fingerprint density at radius 2 is 1.73 bits per heavy atom. The molecular formula is C28H23F7N6O3S. The van der Waals surface area contributed by atoms with Crippen LogP contribution in [0.25, 0.3) is 11.3 Å². The van der Waals surface area contributed by atoms with Crippen LogP contribution < -0.4 is 20.1 Å². The fourth-order valence-electron chi connectivity index (χ4n) is 4.47. The number of anilines is 2. The average molecular weight is 657 g/mol. The van der Waals surface area contributed by atoms with Crippen molar-refractivity contribution < 1.29 is 43.9 Å². The summed E-state index contributed by atoms with van der Waals surface area (Å²) >= 11 is 0. The molecule has 2 atom stereocenters. The topological polar surface area (TPSA) is 118 Å². The molecular weight excluding hydrogens is 633 g/mol. The van der Waals surface area contributed by atoms with Gasteiger partial charge in [0.25, 0.3) is 0 Å². The predicted octanol–water partition coefficient (Wildman–Crippen LogP) is 5.82. The van der Waals surface area contributed by atoms with Gasteiger partial charge in [-0.3, -0.25) is 4.72 Å². The molecule has 0 spiro atoms. The van der Waals surface area contributed by atoms with Crippen molar-refractivity contribution in [1.82, 2.24) is 20.3 Å². The number of sulfonamides is 1. The lowest BCUT2D eigenvalue weighted by molar-refractivity contribution is -0.137. The van der Waals surface area contributed by atoms with Gasteiger partial charge in [0.15, 0.2) is 17.4 Å². The molecule has 1 fully saturated rings. The first-order chi connectivity index (χ1) is 21.3. The second-order valence-electron chi connectivity index (χ2n) is 9.97. The van der Waals surface area contributed by atoms with Gasteiger partial charge in [0, 0.05) is 44.0 Å². The van der Waals surface area contributed by atoms with Gasteiger partial charge in [-0.15, -0.1) is 0 Å². The van der Waals surface area contributed by atoms with E-state index in [0.717, 1.165) is 12.1 Å². The molecule has 0 bridgehead atoms. The van der Waals surface area contributed by atoms with Gasteiger partial charge in [0.1, 0.15) is 11.9 Å². The molecule has 5 rings (SSSR count). The number of hydrogen-bond donors (Lipinski definition) is 3. The highest BCUT2D eigenvalue weighted by Crippen LogP contribution is 2.36. The number of ether oxygens (including phenoxy) is 1. The Bertz CT molecular complexity index is 1790. The van der Waals surface area contributed by atoms with Gasteiger partial charge >= 0.3 is 6.18 Å². The molecule has 2 aromatic carbocycles. The van der Waals surface area contributed by atoms with E-state index in [1.807, 2.05) is 0 Å². The normalized spacial score (nSPS) is 17.1. The van der Waals surface area contributed by atoms with Gasteiger partial charge in [-0.1, -0.05) is 12.1 Å². The molecule has 0 amide bonds. The standard InChI is InChI=1S/C28H23F7N6O3S/c29-17-10-18(13-36-12-17)39-27-38-9-7-21(40-27)19-2-1-8-37-26(19)44-22-11-20(30)25(24(32)23(22)31)41-45(42,43)14-15-3-5-16(6-4-15)28(33,34)35/h1-9,11,17-18,36,41H,10,12-14H2,(H,38,39,40)/t17-,18?/m0/s1. The molecule has 9 nitrogen and oxygen atoms in total. The van der Waals surface area contributed by atoms with Gasteiger partial charge in [0.2, 0.25) is 27.7 Å². The van der Waals surface area contributed by atoms with E-state index >= 15 is 4.39 Å². The molecule has 1 aliphatic heterocycles. The number of nitrogens with one attached hydrogen (secondary N) is 3. The van der Waals surface area contributed by atoms with Crippen molar-refractivity contribution in [2.24, 2.45) is 0 Å². The molecule has 1 unspecified atom stereocenters. The minimum absolute atomic E-state index is 0.121. The van der Waals surface area contributed by atoms with Crippen LogP contribution in [0.4, 0.5) is 42.4 Å². The summed E-state index contributed by atoms with van der Waals surface area (Å²) in [5.41, 5.74) is -2.09. The van der Waals surface area contributed by atoms with E-state index < -0.39 is 62.6 Å². The first-order valence-corrected chi connectivity index (χ1v) is 14.9. The first kappa shape index (κ1) is 31.9. The molecule has 238 valence electrons. The third-order valence-electron chi connectivity index (χ3n) is 6.56. The van der Waals surface area contributed by atoms with Crippen LogP contribution in [0.2, 0.25) is 0 Å². The van der Waals surface area contributed by atoms with Crippen molar-refractivity contribution in [3.8, 4) is 22.9 Å². The predicted molar refractivity (Wildman–Crippen MR) is 149 cm³/mol. The maximum absolute atomic E-state index is 15.1. The first-order valence-electron chi connectivity index (χ1n) is 13.2. The van der Waals surface area contributed by atoms with E-state index in [0.29, 0.717) is 24.7 Å². The second kappa shape index (κ2) is 12.8. The van der Waals surface area contributed by atoms with E-state index in [2.05, 4.69) is 25.6 Å². The lowest BCUT2D eigenvalue weighted by Crippen LogP contribution is -2.44. The number of rotatable bonds is 9. The number of pyridine rings is 1. The summed E-state index contributed by atoms with van der Waals surface area (Å²) in [5, 5.41) is 5.96. The zero-order valence-corrected chi connectivity index (χ0v) is 23.7. The van der Waals surface area contributed by atoms with Crippen LogP contribution in [0.15, 0.2) is 60.9 Å². The number of alkyl halides is 4. The SMILES string of the molecule is O=S(=O)(Cc1ccc(C(F)(F)F)cc1)Nc1c(F)cc(Oc2ncccc2-c2ccnc(NC3CNC[C@@H](F)C3)n2)c(F)c1F. The number of halogens is 7. The summed E-state index contributed by atoms with van der Waals surface area (Å²) in [7, 11) is -4.61. The molecule has 1 aliphatic rings. The average Bonchev–Trinajstić information content (AvgIpc) is 2.98. The Labute approximate surface area is 251 Å². The van der Waals surface area contributed by atoms with E-state index in [-0.39, 0.29) is 47.7 Å². The number of hydrogen-bond acceptors (Lipinski definition) is 8. The van der Waals surface area contributed by atoms with Crippen LogP contribution in [0.1, 0.15) is 17.5 Å².